The van der Waals surface area contributed by atoms with Gasteiger partial charge in [-0.1, -0.05) is 0 Å². The maximum Gasteiger partial charge on any atom is 0.337 e. The van der Waals surface area contributed by atoms with Crippen LogP contribution in [0.2, 0.25) is 0 Å². The summed E-state index contributed by atoms with van der Waals surface area (Å²) in [6, 6.07) is 4.40. The van der Waals surface area contributed by atoms with Crippen LogP contribution in [0.4, 0.5) is 11.4 Å². The fourth-order valence-electron chi connectivity index (χ4n) is 1.07. The summed E-state index contributed by atoms with van der Waals surface area (Å²) in [4.78, 5) is 10.5. The van der Waals surface area contributed by atoms with E-state index < -0.39 is 12.1 Å². The zero-order valence-corrected chi connectivity index (χ0v) is 7.27. The molecule has 1 aromatic carbocycles. The Morgan fingerprint density at radius 2 is 2.14 bits per heavy atom. The number of hydrazine groups is 1. The molecule has 0 saturated heterocycles. The highest BCUT2D eigenvalue weighted by Gasteiger charge is 2.19. The normalized spacial score (nSPS) is 12.1. The third-order valence-corrected chi connectivity index (χ3v) is 1.76. The first-order chi connectivity index (χ1) is 6.56. The summed E-state index contributed by atoms with van der Waals surface area (Å²) in [5.74, 6) is 3.79. The maximum atomic E-state index is 10.5. The number of nitrogens with two attached hydrogens (primary N) is 2. The van der Waals surface area contributed by atoms with Gasteiger partial charge in [-0.15, -0.1) is 0 Å². The molecule has 1 unspecified atom stereocenters. The van der Waals surface area contributed by atoms with Crippen molar-refractivity contribution < 1.29 is 15.0 Å². The topological polar surface area (TPSA) is 122 Å². The molecule has 6 nitrogen and oxygen atoms in total. The van der Waals surface area contributed by atoms with Gasteiger partial charge in [0.15, 0.2) is 6.10 Å². The van der Waals surface area contributed by atoms with E-state index in [1.165, 1.54) is 12.1 Å². The second kappa shape index (κ2) is 3.95. The Labute approximate surface area is 80.1 Å². The molecule has 0 bridgehead atoms. The molecule has 0 spiro atoms. The molecule has 0 aromatic heterocycles. The van der Waals surface area contributed by atoms with Gasteiger partial charge in [-0.25, -0.2) is 4.79 Å². The second-order valence-electron chi connectivity index (χ2n) is 2.73. The molecule has 1 rings (SSSR count). The minimum absolute atomic E-state index is 0.139. The highest BCUT2D eigenvalue weighted by molar-refractivity contribution is 5.77. The highest BCUT2D eigenvalue weighted by atomic mass is 16.4. The zero-order valence-electron chi connectivity index (χ0n) is 7.27. The smallest absolute Gasteiger partial charge is 0.337 e. The Balaban J connectivity index is 3.16. The van der Waals surface area contributed by atoms with Crippen LogP contribution in [0.15, 0.2) is 18.2 Å². The van der Waals surface area contributed by atoms with Gasteiger partial charge in [0.1, 0.15) is 0 Å². The summed E-state index contributed by atoms with van der Waals surface area (Å²) in [5.41, 5.74) is 8.55. The summed E-state index contributed by atoms with van der Waals surface area (Å²) in [6.45, 7) is 0. The number of carboxylic acids is 1. The van der Waals surface area contributed by atoms with Gasteiger partial charge in [0.25, 0.3) is 0 Å². The number of hydrogen-bond acceptors (Lipinski definition) is 5. The van der Waals surface area contributed by atoms with Gasteiger partial charge in [0.05, 0.1) is 5.69 Å². The van der Waals surface area contributed by atoms with Gasteiger partial charge in [-0.3, -0.25) is 5.84 Å². The SMILES string of the molecule is NNc1ccc(N)cc1C(O)C(=O)O. The molecular formula is C8H11N3O3. The van der Waals surface area contributed by atoms with Gasteiger partial charge in [0, 0.05) is 11.3 Å². The highest BCUT2D eigenvalue weighted by Crippen LogP contribution is 2.24. The molecule has 0 aliphatic carbocycles. The lowest BCUT2D eigenvalue weighted by atomic mass is 10.1. The fourth-order valence-corrected chi connectivity index (χ4v) is 1.07. The van der Waals surface area contributed by atoms with E-state index in [2.05, 4.69) is 5.43 Å². The van der Waals surface area contributed by atoms with Crippen molar-refractivity contribution in [2.24, 2.45) is 5.84 Å². The minimum Gasteiger partial charge on any atom is -0.479 e. The first kappa shape index (κ1) is 10.3. The number of carbonyl (C=O) groups is 1. The quantitative estimate of drug-likeness (QED) is 0.257. The van der Waals surface area contributed by atoms with Crippen molar-refractivity contribution in [1.29, 1.82) is 0 Å². The van der Waals surface area contributed by atoms with E-state index >= 15 is 0 Å². The van der Waals surface area contributed by atoms with E-state index in [0.29, 0.717) is 11.4 Å². The number of hydrogen-bond donors (Lipinski definition) is 5. The van der Waals surface area contributed by atoms with Crippen LogP contribution in [0.3, 0.4) is 0 Å². The number of aliphatic hydroxyl groups excluding tert-OH is 1. The summed E-state index contributed by atoms with van der Waals surface area (Å²) < 4.78 is 0. The van der Waals surface area contributed by atoms with Crippen molar-refractivity contribution in [2.75, 3.05) is 11.2 Å². The molecular weight excluding hydrogens is 186 g/mol. The monoisotopic (exact) mass is 197 g/mol. The predicted octanol–water partition coefficient (Wildman–Crippen LogP) is -0.328. The molecule has 7 N–H and O–H groups in total. The first-order valence-corrected chi connectivity index (χ1v) is 3.83. The van der Waals surface area contributed by atoms with E-state index in [1.807, 2.05) is 0 Å². The molecule has 76 valence electrons. The molecule has 14 heavy (non-hydrogen) atoms. The Morgan fingerprint density at radius 1 is 1.50 bits per heavy atom. The lowest BCUT2D eigenvalue weighted by molar-refractivity contribution is -0.146. The lowest BCUT2D eigenvalue weighted by Crippen LogP contribution is -2.16. The van der Waals surface area contributed by atoms with E-state index in [0.717, 1.165) is 0 Å². The van der Waals surface area contributed by atoms with Crippen molar-refractivity contribution in [3.05, 3.63) is 23.8 Å². The van der Waals surface area contributed by atoms with Crippen LogP contribution in [-0.4, -0.2) is 16.2 Å². The van der Waals surface area contributed by atoms with Gasteiger partial charge >= 0.3 is 5.97 Å². The Bertz CT molecular complexity index is 354. The molecule has 0 radical (unpaired) electrons. The molecule has 0 aliphatic heterocycles. The Morgan fingerprint density at radius 3 is 2.64 bits per heavy atom. The van der Waals surface area contributed by atoms with E-state index in [-0.39, 0.29) is 5.56 Å². The molecule has 0 fully saturated rings. The number of nitrogens with one attached hydrogen (secondary N) is 1. The average Bonchev–Trinajstić information content (AvgIpc) is 2.16. The second-order valence-corrected chi connectivity index (χ2v) is 2.73. The minimum atomic E-state index is -1.63. The standard InChI is InChI=1S/C8H11N3O3/c9-4-1-2-6(11-10)5(3-4)7(12)8(13)14/h1-3,7,11-12H,9-10H2,(H,13,14). The number of aliphatic hydroxyl groups is 1. The molecule has 0 saturated carbocycles. The number of rotatable bonds is 3. The van der Waals surface area contributed by atoms with E-state index in [4.69, 9.17) is 16.7 Å². The average molecular weight is 197 g/mol. The van der Waals surface area contributed by atoms with Crippen LogP contribution in [0.5, 0.6) is 0 Å². The van der Waals surface area contributed by atoms with Crippen LogP contribution in [0.25, 0.3) is 0 Å². The zero-order chi connectivity index (χ0) is 10.7. The summed E-state index contributed by atoms with van der Waals surface area (Å²) in [5, 5.41) is 17.9. The third-order valence-electron chi connectivity index (χ3n) is 1.76. The lowest BCUT2D eigenvalue weighted by Gasteiger charge is -2.12. The first-order valence-electron chi connectivity index (χ1n) is 3.83. The predicted molar refractivity (Wildman–Crippen MR) is 51.3 cm³/mol. The Kier molecular flexibility index (Phi) is 2.90. The molecule has 0 aliphatic rings. The number of nitrogen functional groups attached to an aromatic ring is 2. The van der Waals surface area contributed by atoms with Crippen LogP contribution in [0, 0.1) is 0 Å². The van der Waals surface area contributed by atoms with Crippen molar-refractivity contribution in [1.82, 2.24) is 0 Å². The number of benzene rings is 1. The van der Waals surface area contributed by atoms with Gasteiger partial charge < -0.3 is 21.4 Å². The van der Waals surface area contributed by atoms with E-state index in [9.17, 15) is 9.90 Å². The van der Waals surface area contributed by atoms with Crippen molar-refractivity contribution in [3.8, 4) is 0 Å². The number of anilines is 2. The summed E-state index contributed by atoms with van der Waals surface area (Å²) in [6.07, 6.45) is -1.63. The Hall–Kier alpha value is -1.79. The van der Waals surface area contributed by atoms with Crippen molar-refractivity contribution in [2.45, 2.75) is 6.10 Å². The van der Waals surface area contributed by atoms with Gasteiger partial charge in [0.2, 0.25) is 0 Å². The fraction of sp³-hybridized carbons (Fsp3) is 0.125. The third kappa shape index (κ3) is 1.93. The van der Waals surface area contributed by atoms with Crippen LogP contribution >= 0.6 is 0 Å². The maximum absolute atomic E-state index is 10.5. The van der Waals surface area contributed by atoms with Crippen molar-refractivity contribution >= 4 is 17.3 Å². The van der Waals surface area contributed by atoms with Gasteiger partial charge in [-0.2, -0.15) is 0 Å². The van der Waals surface area contributed by atoms with Crippen molar-refractivity contribution in [3.63, 3.8) is 0 Å². The molecule has 0 heterocycles. The van der Waals surface area contributed by atoms with E-state index in [1.54, 1.807) is 6.07 Å². The van der Waals surface area contributed by atoms with Crippen LogP contribution in [0.1, 0.15) is 11.7 Å². The summed E-state index contributed by atoms with van der Waals surface area (Å²) >= 11 is 0. The number of carboxylic acid groups (broad SMARTS) is 1. The molecule has 1 atom stereocenters. The van der Waals surface area contributed by atoms with Gasteiger partial charge in [-0.05, 0) is 18.2 Å². The molecule has 0 amide bonds. The number of aliphatic carboxylic acids is 1. The summed E-state index contributed by atoms with van der Waals surface area (Å²) in [7, 11) is 0. The van der Waals surface area contributed by atoms with Crippen LogP contribution < -0.4 is 17.0 Å². The van der Waals surface area contributed by atoms with Crippen LogP contribution in [-0.2, 0) is 4.79 Å². The molecule has 1 aromatic rings. The largest absolute Gasteiger partial charge is 0.479 e. The molecule has 6 heteroatoms.